The second-order valence-corrected chi connectivity index (χ2v) is 5.21. The maximum atomic E-state index is 12.1. The number of anilines is 1. The lowest BCUT2D eigenvalue weighted by Gasteiger charge is -2.05. The van der Waals surface area contributed by atoms with Gasteiger partial charge in [-0.05, 0) is 36.4 Å². The first-order valence-corrected chi connectivity index (χ1v) is 7.20. The normalized spacial score (nSPS) is 10.8. The zero-order chi connectivity index (χ0) is 15.2. The molecule has 0 saturated carbocycles. The molecule has 0 radical (unpaired) electrons. The van der Waals surface area contributed by atoms with Gasteiger partial charge < -0.3 is 15.5 Å². The van der Waals surface area contributed by atoms with Crippen LogP contribution in [-0.4, -0.2) is 11.7 Å². The number of amides is 1. The molecule has 0 aliphatic carbocycles. The Morgan fingerprint density at radius 3 is 2.48 bits per heavy atom. The number of furan rings is 1. The van der Waals surface area contributed by atoms with Crippen LogP contribution in [-0.2, 0) is 12.3 Å². The topological polar surface area (TPSA) is 68.3 Å². The molecular weight excluding hydrogens is 298 g/mol. The molecule has 7 heteroatoms. The summed E-state index contributed by atoms with van der Waals surface area (Å²) in [5, 5.41) is 3.10. The lowest BCUT2D eigenvalue weighted by molar-refractivity contribution is 0.100. The van der Waals surface area contributed by atoms with Crippen LogP contribution in [0.3, 0.4) is 0 Å². The van der Waals surface area contributed by atoms with Gasteiger partial charge in [0.15, 0.2) is 0 Å². The number of nitrogens with two attached hydrogens (primary N) is 1. The Labute approximate surface area is 124 Å². The molecule has 4 nitrogen and oxygen atoms in total. The summed E-state index contributed by atoms with van der Waals surface area (Å²) in [4.78, 5) is 10.9. The van der Waals surface area contributed by atoms with Crippen molar-refractivity contribution in [2.75, 3.05) is 5.32 Å². The van der Waals surface area contributed by atoms with Crippen LogP contribution in [0, 0.1) is 0 Å². The van der Waals surface area contributed by atoms with Gasteiger partial charge in [0.1, 0.15) is 11.5 Å². The Morgan fingerprint density at radius 1 is 1.19 bits per heavy atom. The van der Waals surface area contributed by atoms with Crippen molar-refractivity contribution in [2.24, 2.45) is 5.73 Å². The van der Waals surface area contributed by atoms with Crippen molar-refractivity contribution in [1.29, 1.82) is 0 Å². The fourth-order valence-corrected chi connectivity index (χ4v) is 2.13. The summed E-state index contributed by atoms with van der Waals surface area (Å²) in [5.41, 5.74) is 6.39. The van der Waals surface area contributed by atoms with Crippen molar-refractivity contribution >= 4 is 23.4 Å². The van der Waals surface area contributed by atoms with Crippen molar-refractivity contribution in [3.63, 3.8) is 0 Å². The minimum atomic E-state index is -2.40. The number of halogens is 2. The van der Waals surface area contributed by atoms with Crippen LogP contribution in [0.25, 0.3) is 0 Å². The van der Waals surface area contributed by atoms with E-state index in [9.17, 15) is 13.6 Å². The number of alkyl halides is 2. The zero-order valence-corrected chi connectivity index (χ0v) is 11.8. The van der Waals surface area contributed by atoms with E-state index in [0.29, 0.717) is 35.4 Å². The minimum Gasteiger partial charge on any atom is -0.463 e. The van der Waals surface area contributed by atoms with Gasteiger partial charge in [0.05, 0.1) is 12.3 Å². The summed E-state index contributed by atoms with van der Waals surface area (Å²) in [6.45, 7) is 0.426. The maximum absolute atomic E-state index is 12.1. The molecule has 1 heterocycles. The lowest BCUT2D eigenvalue weighted by atomic mass is 10.2. The molecule has 0 spiro atoms. The summed E-state index contributed by atoms with van der Waals surface area (Å²) in [7, 11) is 0. The molecule has 21 heavy (non-hydrogen) atoms. The molecule has 2 aromatic rings. The van der Waals surface area contributed by atoms with Crippen LogP contribution in [0.15, 0.2) is 40.8 Å². The summed E-state index contributed by atoms with van der Waals surface area (Å²) < 4.78 is 29.6. The highest BCUT2D eigenvalue weighted by atomic mass is 32.2. The number of nitrogens with one attached hydrogen (secondary N) is 1. The SMILES string of the molecule is NC(=O)c1ccc(NCc2ccc(CSC(F)F)o2)cc1. The third-order valence-corrected chi connectivity index (χ3v) is 3.41. The van der Waals surface area contributed by atoms with Crippen LogP contribution >= 0.6 is 11.8 Å². The molecule has 0 bridgehead atoms. The number of rotatable bonds is 7. The molecule has 0 fully saturated rings. The minimum absolute atomic E-state index is 0.144. The van der Waals surface area contributed by atoms with Gasteiger partial charge in [-0.1, -0.05) is 11.8 Å². The van der Waals surface area contributed by atoms with Gasteiger partial charge in [-0.15, -0.1) is 0 Å². The molecule has 1 aromatic heterocycles. The number of hydrogen-bond donors (Lipinski definition) is 2. The standard InChI is InChI=1S/C14H14F2N2O2S/c15-14(16)21-8-12-6-5-11(20-12)7-18-10-3-1-9(2-4-10)13(17)19/h1-6,14,18H,7-8H2,(H2,17,19). The van der Waals surface area contributed by atoms with Crippen LogP contribution in [0.5, 0.6) is 0 Å². The number of carbonyl (C=O) groups is 1. The molecule has 0 aliphatic heterocycles. The van der Waals surface area contributed by atoms with E-state index >= 15 is 0 Å². The van der Waals surface area contributed by atoms with Gasteiger partial charge in [0.2, 0.25) is 5.91 Å². The number of primary amides is 1. The molecule has 2 rings (SSSR count). The highest BCUT2D eigenvalue weighted by Gasteiger charge is 2.07. The highest BCUT2D eigenvalue weighted by Crippen LogP contribution is 2.21. The Hall–Kier alpha value is -2.02. The number of thioether (sulfide) groups is 1. The van der Waals surface area contributed by atoms with Gasteiger partial charge in [-0.2, -0.15) is 8.78 Å². The summed E-state index contributed by atoms with van der Waals surface area (Å²) >= 11 is 0.525. The second-order valence-electron chi connectivity index (χ2n) is 4.23. The molecule has 0 aliphatic rings. The fourth-order valence-electron chi connectivity index (χ4n) is 1.68. The van der Waals surface area contributed by atoms with Gasteiger partial charge in [-0.25, -0.2) is 0 Å². The average Bonchev–Trinajstić information content (AvgIpc) is 2.91. The summed E-state index contributed by atoms with van der Waals surface area (Å²) in [6.07, 6.45) is 0. The van der Waals surface area contributed by atoms with Gasteiger partial charge >= 0.3 is 0 Å². The predicted molar refractivity (Wildman–Crippen MR) is 78.3 cm³/mol. The molecule has 1 amide bonds. The number of carbonyl (C=O) groups excluding carboxylic acids is 1. The predicted octanol–water partition coefficient (Wildman–Crippen LogP) is 3.45. The van der Waals surface area contributed by atoms with Crippen LogP contribution in [0.1, 0.15) is 21.9 Å². The average molecular weight is 312 g/mol. The fraction of sp³-hybridized carbons (Fsp3) is 0.214. The van der Waals surface area contributed by atoms with Gasteiger partial charge in [-0.3, -0.25) is 4.79 Å². The second kappa shape index (κ2) is 7.12. The van der Waals surface area contributed by atoms with E-state index in [1.165, 1.54) is 0 Å². The summed E-state index contributed by atoms with van der Waals surface area (Å²) in [5.74, 6) is -1.57. The first-order valence-electron chi connectivity index (χ1n) is 6.15. The van der Waals surface area contributed by atoms with Crippen LogP contribution < -0.4 is 11.1 Å². The van der Waals surface area contributed by atoms with E-state index in [2.05, 4.69) is 5.32 Å². The maximum Gasteiger partial charge on any atom is 0.284 e. The molecule has 0 unspecified atom stereocenters. The smallest absolute Gasteiger partial charge is 0.284 e. The highest BCUT2D eigenvalue weighted by molar-refractivity contribution is 7.98. The zero-order valence-electron chi connectivity index (χ0n) is 11.0. The molecular formula is C14H14F2N2O2S. The lowest BCUT2D eigenvalue weighted by Crippen LogP contribution is -2.10. The van der Waals surface area contributed by atoms with E-state index in [0.717, 1.165) is 5.69 Å². The molecule has 0 saturated heterocycles. The quantitative estimate of drug-likeness (QED) is 0.821. The van der Waals surface area contributed by atoms with Crippen molar-refractivity contribution in [3.8, 4) is 0 Å². The Balaban J connectivity index is 1.86. The van der Waals surface area contributed by atoms with Crippen molar-refractivity contribution in [3.05, 3.63) is 53.5 Å². The Kier molecular flexibility index (Phi) is 5.21. The third-order valence-electron chi connectivity index (χ3n) is 2.71. The van der Waals surface area contributed by atoms with Crippen molar-refractivity contribution in [1.82, 2.24) is 0 Å². The van der Waals surface area contributed by atoms with E-state index in [1.54, 1.807) is 36.4 Å². The van der Waals surface area contributed by atoms with Crippen molar-refractivity contribution < 1.29 is 18.0 Å². The van der Waals surface area contributed by atoms with Gasteiger partial charge in [0, 0.05) is 11.3 Å². The Morgan fingerprint density at radius 2 is 1.86 bits per heavy atom. The third kappa shape index (κ3) is 4.78. The largest absolute Gasteiger partial charge is 0.463 e. The monoisotopic (exact) mass is 312 g/mol. The van der Waals surface area contributed by atoms with Gasteiger partial charge in [0.25, 0.3) is 5.76 Å². The van der Waals surface area contributed by atoms with Crippen LogP contribution in [0.2, 0.25) is 0 Å². The van der Waals surface area contributed by atoms with E-state index in [1.807, 2.05) is 0 Å². The van der Waals surface area contributed by atoms with Crippen LogP contribution in [0.4, 0.5) is 14.5 Å². The number of hydrogen-bond acceptors (Lipinski definition) is 4. The van der Waals surface area contributed by atoms with Crippen molar-refractivity contribution in [2.45, 2.75) is 18.1 Å². The molecule has 1 aromatic carbocycles. The van der Waals surface area contributed by atoms with E-state index in [-0.39, 0.29) is 5.75 Å². The molecule has 3 N–H and O–H groups in total. The Bertz CT molecular complexity index is 599. The number of benzene rings is 1. The van der Waals surface area contributed by atoms with E-state index < -0.39 is 11.7 Å². The first-order chi connectivity index (χ1) is 10.0. The first kappa shape index (κ1) is 15.4. The molecule has 112 valence electrons. The van der Waals surface area contributed by atoms with E-state index in [4.69, 9.17) is 10.2 Å². The molecule has 0 atom stereocenters. The summed E-state index contributed by atoms with van der Waals surface area (Å²) in [6, 6.07) is 10.1.